The van der Waals surface area contributed by atoms with Gasteiger partial charge in [0, 0.05) is 23.6 Å². The first-order valence-corrected chi connectivity index (χ1v) is 7.60. The Labute approximate surface area is 145 Å². The molecule has 1 atom stereocenters. The molecule has 2 aromatic carbocycles. The van der Waals surface area contributed by atoms with Gasteiger partial charge in [-0.05, 0) is 24.6 Å². The summed E-state index contributed by atoms with van der Waals surface area (Å²) in [4.78, 5) is 17.4. The van der Waals surface area contributed by atoms with E-state index < -0.39 is 23.0 Å². The van der Waals surface area contributed by atoms with E-state index in [1.807, 2.05) is 0 Å². The average molecular weight is 362 g/mol. The fourth-order valence-corrected chi connectivity index (χ4v) is 2.49. The number of para-hydroxylation sites is 1. The number of nitrogens with zero attached hydrogens (tertiary/aromatic N) is 3. The highest BCUT2D eigenvalue weighted by molar-refractivity contribution is 5.89. The van der Waals surface area contributed by atoms with Crippen molar-refractivity contribution in [1.82, 2.24) is 9.97 Å². The lowest BCUT2D eigenvalue weighted by Gasteiger charge is -2.17. The minimum absolute atomic E-state index is 0.0498. The summed E-state index contributed by atoms with van der Waals surface area (Å²) in [5, 5.41) is 14.1. The summed E-state index contributed by atoms with van der Waals surface area (Å²) in [7, 11) is 0. The molecule has 1 heterocycles. The second-order valence-electron chi connectivity index (χ2n) is 5.63. The molecule has 6 nitrogen and oxygen atoms in total. The number of halogens is 3. The lowest BCUT2D eigenvalue weighted by molar-refractivity contribution is -0.384. The Morgan fingerprint density at radius 1 is 1.08 bits per heavy atom. The molecule has 3 aromatic rings. The predicted molar refractivity (Wildman–Crippen MR) is 89.7 cm³/mol. The van der Waals surface area contributed by atoms with Gasteiger partial charge >= 0.3 is 6.18 Å². The smallest absolute Gasteiger partial charge is 0.363 e. The third kappa shape index (κ3) is 3.56. The number of non-ortho nitro benzene ring substituents is 1. The van der Waals surface area contributed by atoms with Crippen molar-refractivity contribution in [2.75, 3.05) is 5.32 Å². The highest BCUT2D eigenvalue weighted by Crippen LogP contribution is 2.31. The van der Waals surface area contributed by atoms with E-state index in [4.69, 9.17) is 0 Å². The molecule has 0 aliphatic heterocycles. The predicted octanol–water partition coefficient (Wildman–Crippen LogP) is 4.73. The number of rotatable bonds is 4. The Hall–Kier alpha value is -3.23. The van der Waals surface area contributed by atoms with Crippen LogP contribution in [0.15, 0.2) is 48.5 Å². The van der Waals surface area contributed by atoms with Crippen molar-refractivity contribution in [3.05, 3.63) is 70.0 Å². The summed E-state index contributed by atoms with van der Waals surface area (Å²) in [6.07, 6.45) is -4.67. The number of hydrogen-bond donors (Lipinski definition) is 1. The van der Waals surface area contributed by atoms with Gasteiger partial charge in [0.1, 0.15) is 5.82 Å². The first kappa shape index (κ1) is 17.6. The van der Waals surface area contributed by atoms with E-state index in [1.54, 1.807) is 37.3 Å². The Bertz CT molecular complexity index is 958. The van der Waals surface area contributed by atoms with Gasteiger partial charge in [-0.2, -0.15) is 13.2 Å². The molecule has 3 rings (SSSR count). The lowest BCUT2D eigenvalue weighted by atomic mass is 10.1. The van der Waals surface area contributed by atoms with Gasteiger partial charge in [0.15, 0.2) is 0 Å². The molecule has 0 aliphatic rings. The van der Waals surface area contributed by atoms with Crippen LogP contribution in [0, 0.1) is 10.1 Å². The molecule has 1 aromatic heterocycles. The minimum Gasteiger partial charge on any atom is -0.363 e. The van der Waals surface area contributed by atoms with Crippen molar-refractivity contribution in [3.8, 4) is 0 Å². The monoisotopic (exact) mass is 362 g/mol. The van der Waals surface area contributed by atoms with Crippen molar-refractivity contribution in [2.45, 2.75) is 19.1 Å². The molecule has 0 radical (unpaired) electrons. The molecule has 0 aliphatic carbocycles. The fourth-order valence-electron chi connectivity index (χ4n) is 2.49. The quantitative estimate of drug-likeness (QED) is 0.536. The summed E-state index contributed by atoms with van der Waals surface area (Å²) in [5.41, 5.74) is 0.785. The molecule has 0 fully saturated rings. The molecule has 26 heavy (non-hydrogen) atoms. The van der Waals surface area contributed by atoms with Gasteiger partial charge in [0.25, 0.3) is 5.69 Å². The zero-order valence-electron chi connectivity index (χ0n) is 13.5. The maximum atomic E-state index is 13.1. The number of alkyl halides is 3. The van der Waals surface area contributed by atoms with Gasteiger partial charge in [0.2, 0.25) is 5.82 Å². The zero-order chi connectivity index (χ0) is 18.9. The number of aromatic nitrogens is 2. The second-order valence-corrected chi connectivity index (χ2v) is 5.63. The normalized spacial score (nSPS) is 12.8. The van der Waals surface area contributed by atoms with Crippen molar-refractivity contribution in [2.24, 2.45) is 0 Å². The number of hydrogen-bond acceptors (Lipinski definition) is 5. The van der Waals surface area contributed by atoms with Crippen LogP contribution < -0.4 is 5.32 Å². The molecular formula is C17H13F3N4O2. The second kappa shape index (κ2) is 6.58. The molecular weight excluding hydrogens is 349 g/mol. The summed E-state index contributed by atoms with van der Waals surface area (Å²) in [6, 6.07) is 11.7. The highest BCUT2D eigenvalue weighted by Gasteiger charge is 2.35. The average Bonchev–Trinajstić information content (AvgIpc) is 2.61. The molecule has 1 unspecified atom stereocenters. The standard InChI is InChI=1S/C17H13F3N4O2/c1-10(11-6-8-12(9-7-11)24(25)26)21-15-13-4-2-3-5-14(13)22-16(23-15)17(18,19)20/h2-10H,1H3,(H,21,22,23). The van der Waals surface area contributed by atoms with Gasteiger partial charge in [0.05, 0.1) is 10.4 Å². The summed E-state index contributed by atoms with van der Waals surface area (Å²) >= 11 is 0. The third-order valence-electron chi connectivity index (χ3n) is 3.81. The maximum absolute atomic E-state index is 13.1. The van der Waals surface area contributed by atoms with E-state index in [0.717, 1.165) is 0 Å². The molecule has 1 N–H and O–H groups in total. The Kier molecular flexibility index (Phi) is 4.45. The topological polar surface area (TPSA) is 81.0 Å². The van der Waals surface area contributed by atoms with Crippen LogP contribution in [0.25, 0.3) is 10.9 Å². The number of nitrogens with one attached hydrogen (secondary N) is 1. The van der Waals surface area contributed by atoms with Gasteiger partial charge < -0.3 is 5.32 Å². The summed E-state index contributed by atoms with van der Waals surface area (Å²) in [6.45, 7) is 1.73. The number of nitro benzene ring substituents is 1. The maximum Gasteiger partial charge on any atom is 0.451 e. The van der Waals surface area contributed by atoms with Gasteiger partial charge in [-0.3, -0.25) is 10.1 Å². The van der Waals surface area contributed by atoms with Crippen molar-refractivity contribution in [1.29, 1.82) is 0 Å². The van der Waals surface area contributed by atoms with Crippen LogP contribution in [0.5, 0.6) is 0 Å². The molecule has 9 heteroatoms. The molecule has 0 saturated carbocycles. The molecule has 134 valence electrons. The molecule has 0 spiro atoms. The largest absolute Gasteiger partial charge is 0.451 e. The van der Waals surface area contributed by atoms with Crippen LogP contribution in [-0.2, 0) is 6.18 Å². The number of fused-ring (bicyclic) bond motifs is 1. The molecule has 0 amide bonds. The van der Waals surface area contributed by atoms with E-state index in [9.17, 15) is 23.3 Å². The van der Waals surface area contributed by atoms with E-state index in [1.165, 1.54) is 18.2 Å². The zero-order valence-corrected chi connectivity index (χ0v) is 13.5. The van der Waals surface area contributed by atoms with E-state index in [-0.39, 0.29) is 17.0 Å². The van der Waals surface area contributed by atoms with Crippen LogP contribution >= 0.6 is 0 Å². The number of benzene rings is 2. The van der Waals surface area contributed by atoms with Crippen LogP contribution in [0.2, 0.25) is 0 Å². The Balaban J connectivity index is 1.97. The SMILES string of the molecule is CC(Nc1nc(C(F)(F)F)nc2ccccc12)c1ccc([N+](=O)[O-])cc1. The van der Waals surface area contributed by atoms with Crippen LogP contribution in [0.1, 0.15) is 24.4 Å². The Morgan fingerprint density at radius 3 is 2.35 bits per heavy atom. The van der Waals surface area contributed by atoms with Crippen molar-refractivity contribution >= 4 is 22.4 Å². The van der Waals surface area contributed by atoms with E-state index in [0.29, 0.717) is 10.9 Å². The van der Waals surface area contributed by atoms with Gasteiger partial charge in [-0.1, -0.05) is 24.3 Å². The third-order valence-corrected chi connectivity index (χ3v) is 3.81. The van der Waals surface area contributed by atoms with E-state index >= 15 is 0 Å². The first-order valence-electron chi connectivity index (χ1n) is 7.60. The minimum atomic E-state index is -4.67. The van der Waals surface area contributed by atoms with Crippen LogP contribution in [-0.4, -0.2) is 14.9 Å². The number of nitro groups is 1. The lowest BCUT2D eigenvalue weighted by Crippen LogP contribution is -2.15. The van der Waals surface area contributed by atoms with Gasteiger partial charge in [-0.15, -0.1) is 0 Å². The highest BCUT2D eigenvalue weighted by atomic mass is 19.4. The van der Waals surface area contributed by atoms with Crippen molar-refractivity contribution < 1.29 is 18.1 Å². The molecule has 0 bridgehead atoms. The first-order chi connectivity index (χ1) is 12.3. The van der Waals surface area contributed by atoms with Crippen LogP contribution in [0.4, 0.5) is 24.7 Å². The number of anilines is 1. The summed E-state index contributed by atoms with van der Waals surface area (Å²) in [5.74, 6) is -1.18. The molecule has 0 saturated heterocycles. The van der Waals surface area contributed by atoms with Gasteiger partial charge in [-0.25, -0.2) is 9.97 Å². The Morgan fingerprint density at radius 2 is 1.73 bits per heavy atom. The van der Waals surface area contributed by atoms with Crippen LogP contribution in [0.3, 0.4) is 0 Å². The van der Waals surface area contributed by atoms with E-state index in [2.05, 4.69) is 15.3 Å². The van der Waals surface area contributed by atoms with Crippen molar-refractivity contribution in [3.63, 3.8) is 0 Å². The fraction of sp³-hybridized carbons (Fsp3) is 0.176. The summed E-state index contributed by atoms with van der Waals surface area (Å²) < 4.78 is 39.2.